The topological polar surface area (TPSA) is 46.9 Å². The number of benzene rings is 2. The first-order valence-electron chi connectivity index (χ1n) is 7.61. The predicted octanol–water partition coefficient (Wildman–Crippen LogP) is 3.76. The van der Waals surface area contributed by atoms with Gasteiger partial charge in [-0.3, -0.25) is 4.79 Å². The van der Waals surface area contributed by atoms with E-state index in [0.29, 0.717) is 17.1 Å². The highest BCUT2D eigenvalue weighted by molar-refractivity contribution is 5.94. The van der Waals surface area contributed by atoms with Gasteiger partial charge in [-0.05, 0) is 48.0 Å². The highest BCUT2D eigenvalue weighted by Crippen LogP contribution is 2.39. The lowest BCUT2D eigenvalue weighted by molar-refractivity contribution is -0.116. The van der Waals surface area contributed by atoms with Crippen molar-refractivity contribution in [2.45, 2.75) is 12.3 Å². The Hall–Kier alpha value is -3.09. The maximum atomic E-state index is 14.2. The highest BCUT2D eigenvalue weighted by atomic mass is 19.1. The second-order valence-corrected chi connectivity index (χ2v) is 5.81. The molecule has 1 aliphatic heterocycles. The number of aromatic nitrogens is 2. The van der Waals surface area contributed by atoms with Crippen LogP contribution in [0.15, 0.2) is 48.7 Å². The molecule has 126 valence electrons. The SMILES string of the molecule is O=C1C[C@H](c2cc(F)ccc2F)c2cnn(-c3ccc(F)cc3)c2N1. The third kappa shape index (κ3) is 2.67. The van der Waals surface area contributed by atoms with E-state index < -0.39 is 23.4 Å². The smallest absolute Gasteiger partial charge is 0.226 e. The molecule has 0 aliphatic carbocycles. The third-order valence-corrected chi connectivity index (χ3v) is 4.22. The van der Waals surface area contributed by atoms with Gasteiger partial charge in [0.25, 0.3) is 0 Å². The first-order chi connectivity index (χ1) is 12.0. The lowest BCUT2D eigenvalue weighted by Gasteiger charge is -2.24. The van der Waals surface area contributed by atoms with Gasteiger partial charge >= 0.3 is 0 Å². The van der Waals surface area contributed by atoms with Crippen LogP contribution in [0.5, 0.6) is 0 Å². The Morgan fingerprint density at radius 1 is 1.00 bits per heavy atom. The van der Waals surface area contributed by atoms with Gasteiger partial charge in [-0.1, -0.05) is 0 Å². The summed E-state index contributed by atoms with van der Waals surface area (Å²) >= 11 is 0. The average Bonchev–Trinajstić information content (AvgIpc) is 3.01. The number of nitrogens with zero attached hydrogens (tertiary/aromatic N) is 2. The molecule has 0 bridgehead atoms. The van der Waals surface area contributed by atoms with Gasteiger partial charge in [0.15, 0.2) is 0 Å². The molecule has 1 atom stereocenters. The summed E-state index contributed by atoms with van der Waals surface area (Å²) in [6, 6.07) is 8.75. The van der Waals surface area contributed by atoms with Crippen LogP contribution in [0, 0.1) is 17.5 Å². The summed E-state index contributed by atoms with van der Waals surface area (Å²) in [4.78, 5) is 12.1. The highest BCUT2D eigenvalue weighted by Gasteiger charge is 2.32. The van der Waals surface area contributed by atoms with Crippen molar-refractivity contribution >= 4 is 11.7 Å². The van der Waals surface area contributed by atoms with E-state index in [4.69, 9.17) is 0 Å². The number of fused-ring (bicyclic) bond motifs is 1. The summed E-state index contributed by atoms with van der Waals surface area (Å²) in [5.41, 5.74) is 1.23. The van der Waals surface area contributed by atoms with Crippen LogP contribution in [-0.2, 0) is 4.79 Å². The van der Waals surface area contributed by atoms with Crippen LogP contribution in [0.25, 0.3) is 5.69 Å². The van der Waals surface area contributed by atoms with Crippen molar-refractivity contribution in [1.29, 1.82) is 0 Å². The zero-order valence-electron chi connectivity index (χ0n) is 12.8. The Kier molecular flexibility index (Phi) is 3.56. The summed E-state index contributed by atoms with van der Waals surface area (Å²) in [6.45, 7) is 0. The number of carbonyl (C=O) groups is 1. The van der Waals surface area contributed by atoms with Crippen molar-refractivity contribution in [2.24, 2.45) is 0 Å². The van der Waals surface area contributed by atoms with Crippen LogP contribution in [0.1, 0.15) is 23.5 Å². The van der Waals surface area contributed by atoms with Crippen LogP contribution in [-0.4, -0.2) is 15.7 Å². The molecule has 25 heavy (non-hydrogen) atoms. The van der Waals surface area contributed by atoms with E-state index in [0.717, 1.165) is 18.2 Å². The first kappa shape index (κ1) is 15.4. The number of hydrogen-bond acceptors (Lipinski definition) is 2. The Morgan fingerprint density at radius 3 is 2.48 bits per heavy atom. The molecule has 2 aromatic carbocycles. The molecule has 2 heterocycles. The third-order valence-electron chi connectivity index (χ3n) is 4.22. The van der Waals surface area contributed by atoms with Crippen molar-refractivity contribution in [2.75, 3.05) is 5.32 Å². The van der Waals surface area contributed by atoms with Crippen LogP contribution in [0.4, 0.5) is 19.0 Å². The molecule has 4 nitrogen and oxygen atoms in total. The maximum absolute atomic E-state index is 14.2. The molecule has 0 radical (unpaired) electrons. The van der Waals surface area contributed by atoms with Crippen molar-refractivity contribution in [1.82, 2.24) is 9.78 Å². The normalized spacial score (nSPS) is 16.4. The van der Waals surface area contributed by atoms with Gasteiger partial charge in [-0.25, -0.2) is 17.9 Å². The molecule has 0 saturated heterocycles. The molecule has 3 aromatic rings. The van der Waals surface area contributed by atoms with E-state index in [1.807, 2.05) is 0 Å². The average molecular weight is 343 g/mol. The summed E-state index contributed by atoms with van der Waals surface area (Å²) in [5, 5.41) is 6.93. The minimum absolute atomic E-state index is 0.0114. The molecule has 1 aliphatic rings. The second kappa shape index (κ2) is 5.77. The van der Waals surface area contributed by atoms with E-state index in [1.165, 1.54) is 35.1 Å². The lowest BCUT2D eigenvalue weighted by Crippen LogP contribution is -2.25. The Bertz CT molecular complexity index is 966. The molecule has 1 aromatic heterocycles. The number of halogens is 3. The van der Waals surface area contributed by atoms with Crippen LogP contribution < -0.4 is 5.32 Å². The quantitative estimate of drug-likeness (QED) is 0.770. The molecule has 0 unspecified atom stereocenters. The molecule has 7 heteroatoms. The maximum Gasteiger partial charge on any atom is 0.226 e. The monoisotopic (exact) mass is 343 g/mol. The van der Waals surface area contributed by atoms with Crippen LogP contribution >= 0.6 is 0 Å². The molecule has 0 saturated carbocycles. The summed E-state index contributed by atoms with van der Waals surface area (Å²) in [7, 11) is 0. The minimum atomic E-state index is -0.645. The minimum Gasteiger partial charge on any atom is -0.310 e. The number of rotatable bonds is 2. The number of anilines is 1. The predicted molar refractivity (Wildman–Crippen MR) is 85.0 cm³/mol. The molecule has 1 amide bonds. The van der Waals surface area contributed by atoms with Crippen molar-refractivity contribution in [3.8, 4) is 5.69 Å². The fraction of sp³-hybridized carbons (Fsp3) is 0.111. The van der Waals surface area contributed by atoms with Gasteiger partial charge in [-0.2, -0.15) is 5.10 Å². The van der Waals surface area contributed by atoms with Gasteiger partial charge in [0.1, 0.15) is 23.3 Å². The molecule has 0 fully saturated rings. The van der Waals surface area contributed by atoms with E-state index in [9.17, 15) is 18.0 Å². The Labute approximate surface area is 140 Å². The van der Waals surface area contributed by atoms with Crippen molar-refractivity contribution < 1.29 is 18.0 Å². The fourth-order valence-electron chi connectivity index (χ4n) is 3.06. The van der Waals surface area contributed by atoms with Crippen molar-refractivity contribution in [3.05, 3.63) is 77.2 Å². The number of carbonyl (C=O) groups excluding carboxylic acids is 1. The van der Waals surface area contributed by atoms with Gasteiger partial charge in [0.05, 0.1) is 11.9 Å². The molecular formula is C18H12F3N3O. The van der Waals surface area contributed by atoms with Gasteiger partial charge in [-0.15, -0.1) is 0 Å². The summed E-state index contributed by atoms with van der Waals surface area (Å²) in [6.07, 6.45) is 1.50. The van der Waals surface area contributed by atoms with Gasteiger partial charge in [0, 0.05) is 17.9 Å². The standard InChI is InChI=1S/C18H12F3N3O/c19-10-1-4-12(5-2-10)24-18-15(9-22-24)13(8-17(25)23-18)14-7-11(20)3-6-16(14)21/h1-7,9,13H,8H2,(H,23,25)/t13-/m1/s1. The zero-order chi connectivity index (χ0) is 17.6. The number of nitrogens with one attached hydrogen (secondary N) is 1. The van der Waals surface area contributed by atoms with Gasteiger partial charge < -0.3 is 5.32 Å². The van der Waals surface area contributed by atoms with Crippen LogP contribution in [0.3, 0.4) is 0 Å². The molecular weight excluding hydrogens is 331 g/mol. The molecule has 4 rings (SSSR count). The second-order valence-electron chi connectivity index (χ2n) is 5.81. The van der Waals surface area contributed by atoms with Crippen molar-refractivity contribution in [3.63, 3.8) is 0 Å². The Morgan fingerprint density at radius 2 is 1.72 bits per heavy atom. The van der Waals surface area contributed by atoms with E-state index in [1.54, 1.807) is 0 Å². The van der Waals surface area contributed by atoms with Crippen LogP contribution in [0.2, 0.25) is 0 Å². The fourth-order valence-corrected chi connectivity index (χ4v) is 3.06. The van der Waals surface area contributed by atoms with E-state index in [2.05, 4.69) is 10.4 Å². The zero-order valence-corrected chi connectivity index (χ0v) is 12.8. The Balaban J connectivity index is 1.84. The summed E-state index contributed by atoms with van der Waals surface area (Å²) < 4.78 is 42.3. The summed E-state index contributed by atoms with van der Waals surface area (Å²) in [5.74, 6) is -2.15. The van der Waals surface area contributed by atoms with E-state index >= 15 is 0 Å². The molecule has 1 N–H and O–H groups in total. The number of hydrogen-bond donors (Lipinski definition) is 1. The number of amides is 1. The van der Waals surface area contributed by atoms with Gasteiger partial charge in [0.2, 0.25) is 5.91 Å². The largest absolute Gasteiger partial charge is 0.310 e. The first-order valence-corrected chi connectivity index (χ1v) is 7.61. The lowest BCUT2D eigenvalue weighted by atomic mass is 9.87. The molecule has 0 spiro atoms. The van der Waals surface area contributed by atoms with E-state index in [-0.39, 0.29) is 17.9 Å².